The van der Waals surface area contributed by atoms with Gasteiger partial charge in [-0.1, -0.05) is 36.4 Å². The molecule has 0 radical (unpaired) electrons. The van der Waals surface area contributed by atoms with E-state index in [1.54, 1.807) is 13.8 Å². The van der Waals surface area contributed by atoms with Crippen molar-refractivity contribution >= 4 is 27.8 Å². The summed E-state index contributed by atoms with van der Waals surface area (Å²) in [5, 5.41) is 11.5. The third-order valence-electron chi connectivity index (χ3n) is 5.46. The van der Waals surface area contributed by atoms with Gasteiger partial charge in [-0.15, -0.1) is 0 Å². The van der Waals surface area contributed by atoms with E-state index in [2.05, 4.69) is 35.3 Å². The van der Waals surface area contributed by atoms with Gasteiger partial charge in [0.2, 0.25) is 0 Å². The molecule has 0 saturated carbocycles. The maximum absolute atomic E-state index is 10.5. The largest absolute Gasteiger partial charge is 0.389 e. The van der Waals surface area contributed by atoms with E-state index in [1.807, 2.05) is 23.6 Å². The number of nitrogens with zero attached hydrogens (tertiary/aromatic N) is 3. The zero-order chi connectivity index (χ0) is 22.9. The lowest BCUT2D eigenvalue weighted by molar-refractivity contribution is 0.0582. The molecule has 4 aromatic rings. The molecule has 168 valence electrons. The van der Waals surface area contributed by atoms with Crippen molar-refractivity contribution in [1.29, 1.82) is 0 Å². The molecular weight excluding hydrogens is 402 g/mol. The number of hydrogen-bond donors (Lipinski definition) is 3. The Morgan fingerprint density at radius 1 is 1.06 bits per heavy atom. The molecule has 7 nitrogen and oxygen atoms in total. The van der Waals surface area contributed by atoms with Crippen LogP contribution in [0.15, 0.2) is 42.5 Å². The molecule has 0 saturated heterocycles. The lowest BCUT2D eigenvalue weighted by Gasteiger charge is -2.20. The Hall–Kier alpha value is -3.00. The standard InChI is InChI=1S/C25H31N5O2/c1-4-32-14-21-29-22-23(30(21)15-25(2,3)31)19-9-8-17(12-20(19)28-24(22)27)10-16-6-5-7-18(11-16)13-26/h5-9,11-12,31H,4,10,13-15,26H2,1-3H3,(H2,27,28). The smallest absolute Gasteiger partial charge is 0.152 e. The van der Waals surface area contributed by atoms with Gasteiger partial charge in [0.15, 0.2) is 5.82 Å². The number of nitrogens with two attached hydrogens (primary N) is 2. The molecule has 0 fully saturated rings. The van der Waals surface area contributed by atoms with Gasteiger partial charge < -0.3 is 25.9 Å². The predicted octanol–water partition coefficient (Wildman–Crippen LogP) is 3.52. The highest BCUT2D eigenvalue weighted by Gasteiger charge is 2.22. The number of rotatable bonds is 8. The van der Waals surface area contributed by atoms with Crippen molar-refractivity contribution in [3.05, 3.63) is 65.0 Å². The minimum Gasteiger partial charge on any atom is -0.389 e. The Morgan fingerprint density at radius 2 is 1.81 bits per heavy atom. The zero-order valence-electron chi connectivity index (χ0n) is 18.9. The Kier molecular flexibility index (Phi) is 6.15. The Labute approximate surface area is 188 Å². The minimum atomic E-state index is -0.924. The van der Waals surface area contributed by atoms with Gasteiger partial charge in [0.05, 0.1) is 23.2 Å². The molecule has 0 unspecified atom stereocenters. The lowest BCUT2D eigenvalue weighted by Crippen LogP contribution is -2.27. The molecule has 0 bridgehead atoms. The molecule has 0 amide bonds. The van der Waals surface area contributed by atoms with Crippen LogP contribution in [0.4, 0.5) is 5.82 Å². The average Bonchev–Trinajstić information content (AvgIpc) is 3.09. The van der Waals surface area contributed by atoms with Crippen molar-refractivity contribution in [1.82, 2.24) is 14.5 Å². The molecule has 0 aliphatic carbocycles. The lowest BCUT2D eigenvalue weighted by atomic mass is 10.0. The number of aromatic nitrogens is 3. The minimum absolute atomic E-state index is 0.345. The number of pyridine rings is 1. The second-order valence-corrected chi connectivity index (χ2v) is 8.81. The number of hydrogen-bond acceptors (Lipinski definition) is 6. The van der Waals surface area contributed by atoms with Gasteiger partial charge in [0.25, 0.3) is 0 Å². The van der Waals surface area contributed by atoms with Crippen LogP contribution in [0.1, 0.15) is 43.3 Å². The molecule has 0 aliphatic heterocycles. The summed E-state index contributed by atoms with van der Waals surface area (Å²) in [5.74, 6) is 1.11. The summed E-state index contributed by atoms with van der Waals surface area (Å²) in [7, 11) is 0. The van der Waals surface area contributed by atoms with Gasteiger partial charge in [-0.3, -0.25) is 0 Å². The number of anilines is 1. The molecule has 0 aliphatic rings. The highest BCUT2D eigenvalue weighted by molar-refractivity contribution is 6.06. The van der Waals surface area contributed by atoms with Crippen molar-refractivity contribution in [2.75, 3.05) is 12.3 Å². The number of imidazole rings is 1. The average molecular weight is 434 g/mol. The second-order valence-electron chi connectivity index (χ2n) is 8.81. The van der Waals surface area contributed by atoms with E-state index in [-0.39, 0.29) is 0 Å². The number of ether oxygens (including phenoxy) is 1. The fourth-order valence-electron chi connectivity index (χ4n) is 4.08. The van der Waals surface area contributed by atoms with Crippen LogP contribution in [-0.2, 0) is 30.9 Å². The maximum Gasteiger partial charge on any atom is 0.152 e. The molecule has 0 spiro atoms. The number of nitrogen functional groups attached to an aromatic ring is 1. The van der Waals surface area contributed by atoms with Crippen LogP contribution in [-0.4, -0.2) is 31.8 Å². The number of fused-ring (bicyclic) bond motifs is 3. The van der Waals surface area contributed by atoms with Gasteiger partial charge in [-0.2, -0.15) is 0 Å². The van der Waals surface area contributed by atoms with Gasteiger partial charge in [0.1, 0.15) is 17.9 Å². The summed E-state index contributed by atoms with van der Waals surface area (Å²) in [4.78, 5) is 9.37. The van der Waals surface area contributed by atoms with Gasteiger partial charge >= 0.3 is 0 Å². The van der Waals surface area contributed by atoms with Crippen LogP contribution < -0.4 is 11.5 Å². The van der Waals surface area contributed by atoms with Crippen LogP contribution in [0.2, 0.25) is 0 Å². The van der Waals surface area contributed by atoms with E-state index < -0.39 is 5.60 Å². The van der Waals surface area contributed by atoms with Crippen LogP contribution in [0.3, 0.4) is 0 Å². The Bertz CT molecular complexity index is 1260. The monoisotopic (exact) mass is 433 g/mol. The van der Waals surface area contributed by atoms with Crippen LogP contribution in [0.5, 0.6) is 0 Å². The van der Waals surface area contributed by atoms with E-state index in [0.717, 1.165) is 39.8 Å². The first kappa shape index (κ1) is 22.2. The third-order valence-corrected chi connectivity index (χ3v) is 5.46. The Balaban J connectivity index is 1.83. The maximum atomic E-state index is 10.5. The van der Waals surface area contributed by atoms with E-state index in [9.17, 15) is 5.11 Å². The number of benzene rings is 2. The summed E-state index contributed by atoms with van der Waals surface area (Å²) >= 11 is 0. The molecule has 5 N–H and O–H groups in total. The number of aliphatic hydroxyl groups is 1. The summed E-state index contributed by atoms with van der Waals surface area (Å²) in [6, 6.07) is 14.6. The van der Waals surface area contributed by atoms with Crippen LogP contribution in [0.25, 0.3) is 21.9 Å². The summed E-state index contributed by atoms with van der Waals surface area (Å²) < 4.78 is 7.64. The first-order valence-corrected chi connectivity index (χ1v) is 10.9. The van der Waals surface area contributed by atoms with Crippen molar-refractivity contribution in [2.24, 2.45) is 5.73 Å². The third kappa shape index (κ3) is 4.60. The molecule has 0 atom stereocenters. The summed E-state index contributed by atoms with van der Waals surface area (Å²) in [6.45, 7) is 7.33. The SMILES string of the molecule is CCOCc1nc2c(N)nc3cc(Cc4cccc(CN)c4)ccc3c2n1CC(C)(C)O. The molecular formula is C25H31N5O2. The molecule has 7 heteroatoms. The van der Waals surface area contributed by atoms with Gasteiger partial charge in [-0.05, 0) is 49.9 Å². The molecule has 4 rings (SSSR count). The van der Waals surface area contributed by atoms with Gasteiger partial charge in [-0.25, -0.2) is 9.97 Å². The second kappa shape index (κ2) is 8.86. The summed E-state index contributed by atoms with van der Waals surface area (Å²) in [5.41, 5.74) is 17.0. The van der Waals surface area contributed by atoms with E-state index in [0.29, 0.717) is 37.6 Å². The fourth-order valence-corrected chi connectivity index (χ4v) is 4.08. The van der Waals surface area contributed by atoms with Gasteiger partial charge in [0, 0.05) is 18.5 Å². The fraction of sp³-hybridized carbons (Fsp3) is 0.360. The van der Waals surface area contributed by atoms with E-state index in [4.69, 9.17) is 21.2 Å². The topological polar surface area (TPSA) is 112 Å². The quantitative estimate of drug-likeness (QED) is 0.392. The molecule has 2 aromatic heterocycles. The first-order chi connectivity index (χ1) is 15.3. The molecule has 32 heavy (non-hydrogen) atoms. The van der Waals surface area contributed by atoms with E-state index >= 15 is 0 Å². The molecule has 2 heterocycles. The highest BCUT2D eigenvalue weighted by Crippen LogP contribution is 2.31. The molecule has 2 aromatic carbocycles. The van der Waals surface area contributed by atoms with Crippen LogP contribution in [0, 0.1) is 0 Å². The summed E-state index contributed by atoms with van der Waals surface area (Å²) in [6.07, 6.45) is 0.780. The Morgan fingerprint density at radius 3 is 2.53 bits per heavy atom. The zero-order valence-corrected chi connectivity index (χ0v) is 18.9. The normalized spacial score (nSPS) is 12.2. The predicted molar refractivity (Wildman–Crippen MR) is 128 cm³/mol. The van der Waals surface area contributed by atoms with Crippen molar-refractivity contribution in [3.63, 3.8) is 0 Å². The van der Waals surface area contributed by atoms with Crippen molar-refractivity contribution in [2.45, 2.75) is 52.5 Å². The van der Waals surface area contributed by atoms with Crippen LogP contribution >= 0.6 is 0 Å². The van der Waals surface area contributed by atoms with E-state index in [1.165, 1.54) is 5.56 Å². The highest BCUT2D eigenvalue weighted by atomic mass is 16.5. The van der Waals surface area contributed by atoms with Crippen molar-refractivity contribution in [3.8, 4) is 0 Å². The first-order valence-electron chi connectivity index (χ1n) is 10.9. The van der Waals surface area contributed by atoms with Crippen molar-refractivity contribution < 1.29 is 9.84 Å².